The van der Waals surface area contributed by atoms with Crippen LogP contribution in [0.3, 0.4) is 0 Å². The van der Waals surface area contributed by atoms with E-state index in [4.69, 9.17) is 5.73 Å². The summed E-state index contributed by atoms with van der Waals surface area (Å²) >= 11 is 4.03. The molecule has 3 nitrogen and oxygen atoms in total. The van der Waals surface area contributed by atoms with Crippen LogP contribution in [-0.4, -0.2) is 15.7 Å². The van der Waals surface area contributed by atoms with Crippen molar-refractivity contribution in [1.82, 2.24) is 9.97 Å². The van der Waals surface area contributed by atoms with Crippen LogP contribution >= 0.6 is 12.6 Å². The second kappa shape index (κ2) is 4.62. The molecule has 0 aromatic carbocycles. The topological polar surface area (TPSA) is 51.8 Å². The van der Waals surface area contributed by atoms with Gasteiger partial charge in [0.2, 0.25) is 5.95 Å². The summed E-state index contributed by atoms with van der Waals surface area (Å²) in [6, 6.07) is 0. The van der Waals surface area contributed by atoms with Gasteiger partial charge in [-0.05, 0) is 0 Å². The second-order valence-electron chi connectivity index (χ2n) is 2.11. The van der Waals surface area contributed by atoms with E-state index in [0.29, 0.717) is 0 Å². The maximum Gasteiger partial charge on any atom is 0.219 e. The Bertz CT molecular complexity index is 296. The molecule has 0 aliphatic carbocycles. The van der Waals surface area contributed by atoms with Gasteiger partial charge in [0.15, 0.2) is 0 Å². The molecule has 2 N–H and O–H groups in total. The normalized spacial score (nSPS) is 8.75. The number of rotatable bonds is 1. The molecule has 62 valence electrons. The lowest BCUT2D eigenvalue weighted by atomic mass is 10.3. The zero-order chi connectivity index (χ0) is 8.81. The van der Waals surface area contributed by atoms with Crippen LogP contribution in [0.25, 0.3) is 0 Å². The summed E-state index contributed by atoms with van der Waals surface area (Å²) < 4.78 is 0. The first-order chi connectivity index (χ1) is 5.83. The van der Waals surface area contributed by atoms with Gasteiger partial charge in [-0.15, -0.1) is 0 Å². The van der Waals surface area contributed by atoms with Crippen LogP contribution in [0.5, 0.6) is 0 Å². The molecule has 0 radical (unpaired) electrons. The van der Waals surface area contributed by atoms with E-state index in [0.717, 1.165) is 17.7 Å². The third-order valence-corrected chi connectivity index (χ3v) is 1.36. The first kappa shape index (κ1) is 8.88. The number of nitrogen functional groups attached to an aromatic ring is 1. The maximum absolute atomic E-state index is 5.30. The fourth-order valence-corrected chi connectivity index (χ4v) is 0.735. The van der Waals surface area contributed by atoms with Crippen molar-refractivity contribution in [3.8, 4) is 11.8 Å². The van der Waals surface area contributed by atoms with Gasteiger partial charge in [-0.1, -0.05) is 11.8 Å². The molecule has 1 heterocycles. The molecule has 0 fully saturated rings. The zero-order valence-corrected chi connectivity index (χ0v) is 7.38. The quantitative estimate of drug-likeness (QED) is 0.493. The van der Waals surface area contributed by atoms with Crippen molar-refractivity contribution < 1.29 is 0 Å². The van der Waals surface area contributed by atoms with Gasteiger partial charge < -0.3 is 5.73 Å². The van der Waals surface area contributed by atoms with Crippen LogP contribution in [0.2, 0.25) is 0 Å². The first-order valence-electron chi connectivity index (χ1n) is 3.50. The average molecular weight is 179 g/mol. The van der Waals surface area contributed by atoms with Crippen molar-refractivity contribution in [3.63, 3.8) is 0 Å². The first-order valence-corrected chi connectivity index (χ1v) is 4.13. The zero-order valence-electron chi connectivity index (χ0n) is 6.49. The molecule has 0 spiro atoms. The van der Waals surface area contributed by atoms with Crippen LogP contribution in [0.4, 0.5) is 5.95 Å². The van der Waals surface area contributed by atoms with Crippen molar-refractivity contribution in [1.29, 1.82) is 0 Å². The highest BCUT2D eigenvalue weighted by molar-refractivity contribution is 7.80. The van der Waals surface area contributed by atoms with Crippen molar-refractivity contribution >= 4 is 18.6 Å². The number of nitrogens with zero attached hydrogens (tertiary/aromatic N) is 2. The van der Waals surface area contributed by atoms with E-state index in [9.17, 15) is 0 Å². The van der Waals surface area contributed by atoms with Gasteiger partial charge in [-0.3, -0.25) is 0 Å². The number of thiol groups is 1. The van der Waals surface area contributed by atoms with E-state index in [2.05, 4.69) is 34.4 Å². The van der Waals surface area contributed by atoms with Crippen LogP contribution in [0, 0.1) is 11.8 Å². The Labute approximate surface area is 76.8 Å². The lowest BCUT2D eigenvalue weighted by Crippen LogP contribution is -1.93. The third-order valence-electron chi connectivity index (χ3n) is 1.14. The molecule has 0 bridgehead atoms. The lowest BCUT2D eigenvalue weighted by molar-refractivity contribution is 1.17. The monoisotopic (exact) mass is 179 g/mol. The minimum atomic E-state index is 0.273. The molecule has 0 saturated heterocycles. The summed E-state index contributed by atoms with van der Waals surface area (Å²) in [5, 5.41) is 0. The van der Waals surface area contributed by atoms with Gasteiger partial charge in [-0.25, -0.2) is 9.97 Å². The number of hydrogen-bond donors (Lipinski definition) is 2. The van der Waals surface area contributed by atoms with Crippen molar-refractivity contribution in [3.05, 3.63) is 18.0 Å². The van der Waals surface area contributed by atoms with Gasteiger partial charge in [0, 0.05) is 24.6 Å². The average Bonchev–Trinajstić information content (AvgIpc) is 2.09. The molecule has 0 atom stereocenters. The Hall–Kier alpha value is -1.21. The molecule has 0 amide bonds. The third kappa shape index (κ3) is 2.81. The SMILES string of the molecule is Nc1ncc(C#CCCS)cn1. The Kier molecular flexibility index (Phi) is 3.42. The summed E-state index contributed by atoms with van der Waals surface area (Å²) in [7, 11) is 0. The summed E-state index contributed by atoms with van der Waals surface area (Å²) in [4.78, 5) is 7.61. The Morgan fingerprint density at radius 2 is 2.08 bits per heavy atom. The molecule has 0 unspecified atom stereocenters. The van der Waals surface area contributed by atoms with E-state index in [1.807, 2.05) is 0 Å². The predicted octanol–water partition coefficient (Wildman–Crippen LogP) is 0.730. The molecule has 0 aliphatic rings. The molecule has 1 aromatic heterocycles. The highest BCUT2D eigenvalue weighted by Gasteiger charge is 1.87. The van der Waals surface area contributed by atoms with Gasteiger partial charge in [0.05, 0.1) is 5.56 Å². The number of anilines is 1. The van der Waals surface area contributed by atoms with E-state index >= 15 is 0 Å². The fraction of sp³-hybridized carbons (Fsp3) is 0.250. The fourth-order valence-electron chi connectivity index (χ4n) is 0.623. The molecular formula is C8H9N3S. The molecule has 0 saturated carbocycles. The summed E-state index contributed by atoms with van der Waals surface area (Å²) in [5.74, 6) is 6.86. The Morgan fingerprint density at radius 1 is 1.42 bits per heavy atom. The molecule has 0 aliphatic heterocycles. The Balaban J connectivity index is 2.66. The minimum absolute atomic E-state index is 0.273. The van der Waals surface area contributed by atoms with Crippen LogP contribution < -0.4 is 5.73 Å². The largest absolute Gasteiger partial charge is 0.368 e. The van der Waals surface area contributed by atoms with Gasteiger partial charge in [0.25, 0.3) is 0 Å². The highest BCUT2D eigenvalue weighted by Crippen LogP contribution is 1.94. The second-order valence-corrected chi connectivity index (χ2v) is 2.55. The van der Waals surface area contributed by atoms with Crippen LogP contribution in [-0.2, 0) is 0 Å². The van der Waals surface area contributed by atoms with Crippen molar-refractivity contribution in [2.45, 2.75) is 6.42 Å². The van der Waals surface area contributed by atoms with E-state index in [1.165, 1.54) is 0 Å². The summed E-state index contributed by atoms with van der Waals surface area (Å²) in [5.41, 5.74) is 6.08. The molecular weight excluding hydrogens is 170 g/mol. The van der Waals surface area contributed by atoms with E-state index < -0.39 is 0 Å². The van der Waals surface area contributed by atoms with Gasteiger partial charge >= 0.3 is 0 Å². The van der Waals surface area contributed by atoms with Crippen LogP contribution in [0.15, 0.2) is 12.4 Å². The lowest BCUT2D eigenvalue weighted by Gasteiger charge is -1.89. The van der Waals surface area contributed by atoms with Gasteiger partial charge in [0.1, 0.15) is 0 Å². The summed E-state index contributed by atoms with van der Waals surface area (Å²) in [6.07, 6.45) is 3.98. The standard InChI is InChI=1S/C8H9N3S/c9-8-10-5-7(6-11-8)3-1-2-4-12/h5-6,12H,2,4H2,(H2,9,10,11). The number of aromatic nitrogens is 2. The number of nitrogens with two attached hydrogens (primary N) is 1. The molecule has 1 aromatic rings. The Morgan fingerprint density at radius 3 is 2.67 bits per heavy atom. The van der Waals surface area contributed by atoms with Gasteiger partial charge in [-0.2, -0.15) is 12.6 Å². The molecule has 12 heavy (non-hydrogen) atoms. The molecule has 4 heteroatoms. The van der Waals surface area contributed by atoms with Crippen molar-refractivity contribution in [2.75, 3.05) is 11.5 Å². The highest BCUT2D eigenvalue weighted by atomic mass is 32.1. The number of hydrogen-bond acceptors (Lipinski definition) is 4. The van der Waals surface area contributed by atoms with E-state index in [-0.39, 0.29) is 5.95 Å². The minimum Gasteiger partial charge on any atom is -0.368 e. The van der Waals surface area contributed by atoms with Crippen molar-refractivity contribution in [2.24, 2.45) is 0 Å². The summed E-state index contributed by atoms with van der Waals surface area (Å²) in [6.45, 7) is 0. The molecule has 1 rings (SSSR count). The van der Waals surface area contributed by atoms with E-state index in [1.54, 1.807) is 12.4 Å². The van der Waals surface area contributed by atoms with Crippen LogP contribution in [0.1, 0.15) is 12.0 Å². The maximum atomic E-state index is 5.30. The predicted molar refractivity (Wildman–Crippen MR) is 51.8 cm³/mol. The smallest absolute Gasteiger partial charge is 0.219 e.